The summed E-state index contributed by atoms with van der Waals surface area (Å²) in [4.78, 5) is 0. The molecule has 0 radical (unpaired) electrons. The molecule has 1 aliphatic heterocycles. The van der Waals surface area contributed by atoms with Gasteiger partial charge in [-0.25, -0.2) is 0 Å². The Kier molecular flexibility index (Phi) is 10.5. The smallest absolute Gasteiger partial charge is 0.183 e. The molecule has 4 atom stereocenters. The van der Waals surface area contributed by atoms with Gasteiger partial charge in [0.05, 0.1) is 24.9 Å². The number of phenols is 1. The minimum Gasteiger partial charge on any atom is -0.508 e. The molecule has 4 rings (SSSR count). The van der Waals surface area contributed by atoms with E-state index in [2.05, 4.69) is 0 Å². The van der Waals surface area contributed by atoms with Crippen LogP contribution in [0.1, 0.15) is 47.5 Å². The third-order valence-electron chi connectivity index (χ3n) is 5.87. The molecule has 1 aliphatic rings. The molecule has 0 aromatic heterocycles. The van der Waals surface area contributed by atoms with E-state index in [9.17, 15) is 10.2 Å². The molecule has 0 amide bonds. The SMILES string of the molecule is CO.COC(OCC1CC(O)CC(c2ccc(Cl)c(Cc3ccc(O)cc3)c2)O1)c1ccccc1. The monoisotopic (exact) mass is 500 g/mol. The van der Waals surface area contributed by atoms with Crippen LogP contribution in [0.3, 0.4) is 0 Å². The predicted octanol–water partition coefficient (Wildman–Crippen LogP) is 5.19. The van der Waals surface area contributed by atoms with Gasteiger partial charge in [-0.05, 0) is 41.3 Å². The highest BCUT2D eigenvalue weighted by Gasteiger charge is 2.30. The van der Waals surface area contributed by atoms with E-state index in [1.807, 2.05) is 60.7 Å². The van der Waals surface area contributed by atoms with E-state index >= 15 is 0 Å². The van der Waals surface area contributed by atoms with Crippen molar-refractivity contribution < 1.29 is 29.5 Å². The second-order valence-electron chi connectivity index (χ2n) is 8.38. The Balaban J connectivity index is 0.00000167. The Hall–Kier alpha value is -2.45. The van der Waals surface area contributed by atoms with Crippen LogP contribution >= 0.6 is 11.6 Å². The number of hydrogen-bond acceptors (Lipinski definition) is 6. The minimum absolute atomic E-state index is 0.236. The first-order valence-corrected chi connectivity index (χ1v) is 11.9. The first-order valence-electron chi connectivity index (χ1n) is 11.6. The fraction of sp³-hybridized carbons (Fsp3) is 0.357. The van der Waals surface area contributed by atoms with Crippen molar-refractivity contribution in [2.75, 3.05) is 20.8 Å². The molecule has 0 saturated carbocycles. The van der Waals surface area contributed by atoms with Crippen LogP contribution in [-0.4, -0.2) is 48.4 Å². The molecule has 7 heteroatoms. The molecule has 0 spiro atoms. The summed E-state index contributed by atoms with van der Waals surface area (Å²) in [6.07, 6.45) is 0.193. The van der Waals surface area contributed by atoms with Crippen molar-refractivity contribution >= 4 is 11.6 Å². The molecular weight excluding hydrogens is 468 g/mol. The van der Waals surface area contributed by atoms with Crippen LogP contribution in [0.25, 0.3) is 0 Å². The van der Waals surface area contributed by atoms with E-state index in [0.29, 0.717) is 30.9 Å². The highest BCUT2D eigenvalue weighted by Crippen LogP contribution is 2.34. The number of methoxy groups -OCH3 is 1. The summed E-state index contributed by atoms with van der Waals surface area (Å²) in [5.74, 6) is 0.236. The Bertz CT molecular complexity index is 1030. The van der Waals surface area contributed by atoms with E-state index in [-0.39, 0.29) is 18.0 Å². The van der Waals surface area contributed by atoms with Crippen LogP contribution in [0.5, 0.6) is 5.75 Å². The summed E-state index contributed by atoms with van der Waals surface area (Å²) in [5, 5.41) is 27.7. The van der Waals surface area contributed by atoms with Crippen LogP contribution in [0.2, 0.25) is 5.02 Å². The molecule has 3 aromatic rings. The molecule has 6 nitrogen and oxygen atoms in total. The van der Waals surface area contributed by atoms with E-state index < -0.39 is 12.4 Å². The second kappa shape index (κ2) is 13.6. The van der Waals surface area contributed by atoms with Crippen LogP contribution in [0, 0.1) is 0 Å². The summed E-state index contributed by atoms with van der Waals surface area (Å²) in [7, 11) is 2.61. The van der Waals surface area contributed by atoms with E-state index in [1.54, 1.807) is 19.2 Å². The highest BCUT2D eigenvalue weighted by molar-refractivity contribution is 6.31. The van der Waals surface area contributed by atoms with Gasteiger partial charge in [0.15, 0.2) is 6.29 Å². The Labute approximate surface area is 211 Å². The third kappa shape index (κ3) is 7.77. The summed E-state index contributed by atoms with van der Waals surface area (Å²) in [5.41, 5.74) is 3.93. The van der Waals surface area contributed by atoms with Gasteiger partial charge < -0.3 is 29.5 Å². The van der Waals surface area contributed by atoms with Crippen molar-refractivity contribution in [3.63, 3.8) is 0 Å². The van der Waals surface area contributed by atoms with Crippen LogP contribution in [0.4, 0.5) is 0 Å². The van der Waals surface area contributed by atoms with E-state index in [1.165, 1.54) is 0 Å². The van der Waals surface area contributed by atoms with Gasteiger partial charge >= 0.3 is 0 Å². The minimum atomic E-state index is -0.486. The maximum Gasteiger partial charge on any atom is 0.183 e. The van der Waals surface area contributed by atoms with Gasteiger partial charge in [-0.3, -0.25) is 0 Å². The number of benzene rings is 3. The van der Waals surface area contributed by atoms with Crippen LogP contribution < -0.4 is 0 Å². The fourth-order valence-electron chi connectivity index (χ4n) is 4.18. The van der Waals surface area contributed by atoms with Gasteiger partial charge in [0, 0.05) is 37.6 Å². The first-order chi connectivity index (χ1) is 17.0. The Morgan fingerprint density at radius 2 is 1.71 bits per heavy atom. The average Bonchev–Trinajstić information content (AvgIpc) is 2.88. The van der Waals surface area contributed by atoms with Gasteiger partial charge in [0.1, 0.15) is 5.75 Å². The summed E-state index contributed by atoms with van der Waals surface area (Å²) < 4.78 is 17.8. The Morgan fingerprint density at radius 3 is 2.40 bits per heavy atom. The molecule has 1 saturated heterocycles. The molecule has 188 valence electrons. The standard InChI is InChI=1S/C27H29ClO5.CH4O/c1-31-27(19-5-3-2-4-6-19)32-17-24-15-23(30)16-26(33-24)20-9-12-25(28)21(14-20)13-18-7-10-22(29)11-8-18;1-2/h2-12,14,23-24,26-27,29-30H,13,15-17H2,1H3;2H,1H3. The largest absolute Gasteiger partial charge is 0.508 e. The zero-order chi connectivity index (χ0) is 25.2. The lowest BCUT2D eigenvalue weighted by Gasteiger charge is -2.34. The molecule has 1 fully saturated rings. The van der Waals surface area contributed by atoms with Crippen molar-refractivity contribution in [1.29, 1.82) is 0 Å². The number of aromatic hydroxyl groups is 1. The number of ether oxygens (including phenoxy) is 3. The number of hydrogen-bond donors (Lipinski definition) is 3. The zero-order valence-corrected chi connectivity index (χ0v) is 20.8. The second-order valence-corrected chi connectivity index (χ2v) is 8.78. The van der Waals surface area contributed by atoms with Crippen molar-refractivity contribution in [3.8, 4) is 5.75 Å². The van der Waals surface area contributed by atoms with Gasteiger partial charge in [0.2, 0.25) is 0 Å². The highest BCUT2D eigenvalue weighted by atomic mass is 35.5. The van der Waals surface area contributed by atoms with Gasteiger partial charge in [-0.2, -0.15) is 0 Å². The topological polar surface area (TPSA) is 88.4 Å². The van der Waals surface area contributed by atoms with Crippen LogP contribution in [-0.2, 0) is 20.6 Å². The third-order valence-corrected chi connectivity index (χ3v) is 6.24. The number of phenolic OH excluding ortho intramolecular Hbond substituents is 1. The lowest BCUT2D eigenvalue weighted by Crippen LogP contribution is -2.34. The quantitative estimate of drug-likeness (QED) is 0.369. The van der Waals surface area contributed by atoms with Crippen molar-refractivity contribution in [2.24, 2.45) is 0 Å². The average molecular weight is 501 g/mol. The lowest BCUT2D eigenvalue weighted by molar-refractivity contribution is -0.179. The molecular formula is C28H33ClO6. The molecule has 3 N–H and O–H groups in total. The zero-order valence-electron chi connectivity index (χ0n) is 20.0. The maximum atomic E-state index is 10.5. The van der Waals surface area contributed by atoms with Crippen LogP contribution in [0.15, 0.2) is 72.8 Å². The maximum absolute atomic E-state index is 10.5. The molecule has 0 aliphatic carbocycles. The first kappa shape index (κ1) is 27.1. The fourth-order valence-corrected chi connectivity index (χ4v) is 4.37. The summed E-state index contributed by atoms with van der Waals surface area (Å²) >= 11 is 6.46. The summed E-state index contributed by atoms with van der Waals surface area (Å²) in [6.45, 7) is 0.314. The van der Waals surface area contributed by atoms with Gasteiger partial charge in [-0.15, -0.1) is 0 Å². The van der Waals surface area contributed by atoms with Gasteiger partial charge in [0.25, 0.3) is 0 Å². The van der Waals surface area contributed by atoms with Crippen molar-refractivity contribution in [3.05, 3.63) is 100 Å². The Morgan fingerprint density at radius 1 is 1.00 bits per heavy atom. The number of aliphatic hydroxyl groups is 2. The molecule has 3 aromatic carbocycles. The van der Waals surface area contributed by atoms with Gasteiger partial charge in [-0.1, -0.05) is 66.2 Å². The normalized spacial score (nSPS) is 20.5. The number of rotatable bonds is 8. The van der Waals surface area contributed by atoms with E-state index in [4.69, 9.17) is 30.9 Å². The molecule has 1 heterocycles. The number of halogens is 1. The lowest BCUT2D eigenvalue weighted by atomic mass is 9.94. The molecule has 0 bridgehead atoms. The number of aliphatic hydroxyl groups excluding tert-OH is 2. The molecule has 35 heavy (non-hydrogen) atoms. The molecule has 4 unspecified atom stereocenters. The summed E-state index contributed by atoms with van der Waals surface area (Å²) in [6, 6.07) is 22.7. The van der Waals surface area contributed by atoms with E-state index in [0.717, 1.165) is 29.4 Å². The van der Waals surface area contributed by atoms with Crippen molar-refractivity contribution in [1.82, 2.24) is 0 Å². The predicted molar refractivity (Wildman–Crippen MR) is 136 cm³/mol. The van der Waals surface area contributed by atoms with Crippen molar-refractivity contribution in [2.45, 2.75) is 43.9 Å².